The molecular formula is C16H25NO. The third-order valence-electron chi connectivity index (χ3n) is 4.14. The average Bonchev–Trinajstić information content (AvgIpc) is 2.39. The molecular weight excluding hydrogens is 222 g/mol. The van der Waals surface area contributed by atoms with Crippen molar-refractivity contribution in [3.05, 3.63) is 29.8 Å². The van der Waals surface area contributed by atoms with Crippen LogP contribution in [0.4, 0.5) is 5.69 Å². The average molecular weight is 247 g/mol. The van der Waals surface area contributed by atoms with Crippen molar-refractivity contribution < 1.29 is 5.11 Å². The molecule has 1 saturated carbocycles. The van der Waals surface area contributed by atoms with Crippen LogP contribution < -0.4 is 5.32 Å². The number of aliphatic hydroxyl groups excluding tert-OH is 1. The first-order chi connectivity index (χ1) is 8.69. The van der Waals surface area contributed by atoms with Gasteiger partial charge in [-0.3, -0.25) is 0 Å². The zero-order chi connectivity index (χ0) is 13.0. The maximum Gasteiger partial charge on any atom is 0.0682 e. The molecule has 100 valence electrons. The summed E-state index contributed by atoms with van der Waals surface area (Å²) in [5.74, 6) is 1.65. The first-order valence-electron chi connectivity index (χ1n) is 7.15. The van der Waals surface area contributed by atoms with Crippen molar-refractivity contribution in [1.29, 1.82) is 0 Å². The largest absolute Gasteiger partial charge is 0.392 e. The van der Waals surface area contributed by atoms with Crippen molar-refractivity contribution in [1.82, 2.24) is 0 Å². The normalized spacial score (nSPS) is 24.2. The van der Waals surface area contributed by atoms with Crippen LogP contribution in [0.2, 0.25) is 0 Å². The fraction of sp³-hybridized carbons (Fsp3) is 0.625. The van der Waals surface area contributed by atoms with Gasteiger partial charge in [0.1, 0.15) is 0 Å². The van der Waals surface area contributed by atoms with Crippen molar-refractivity contribution >= 4 is 5.69 Å². The molecule has 1 aromatic rings. The first kappa shape index (κ1) is 13.4. The van der Waals surface area contributed by atoms with Gasteiger partial charge < -0.3 is 10.4 Å². The molecule has 0 amide bonds. The highest BCUT2D eigenvalue weighted by Crippen LogP contribution is 2.31. The summed E-state index contributed by atoms with van der Waals surface area (Å²) in [5, 5.41) is 12.8. The number of hydrogen-bond donors (Lipinski definition) is 2. The Morgan fingerprint density at radius 3 is 2.89 bits per heavy atom. The molecule has 2 rings (SSSR count). The summed E-state index contributed by atoms with van der Waals surface area (Å²) in [6, 6.07) is 8.72. The van der Waals surface area contributed by atoms with E-state index < -0.39 is 0 Å². The molecule has 1 aliphatic carbocycles. The molecule has 1 aromatic carbocycles. The Balaban J connectivity index is 1.95. The van der Waals surface area contributed by atoms with E-state index in [1.807, 2.05) is 12.1 Å². The van der Waals surface area contributed by atoms with Gasteiger partial charge in [-0.15, -0.1) is 0 Å². The second kappa shape index (κ2) is 6.24. The van der Waals surface area contributed by atoms with Crippen LogP contribution in [0.1, 0.15) is 45.1 Å². The summed E-state index contributed by atoms with van der Waals surface area (Å²) in [7, 11) is 0. The molecule has 2 unspecified atom stereocenters. The summed E-state index contributed by atoms with van der Waals surface area (Å²) >= 11 is 0. The van der Waals surface area contributed by atoms with E-state index in [1.165, 1.54) is 25.7 Å². The van der Waals surface area contributed by atoms with Gasteiger partial charge in [-0.1, -0.05) is 38.8 Å². The number of benzene rings is 1. The van der Waals surface area contributed by atoms with Gasteiger partial charge >= 0.3 is 0 Å². The number of aliphatic hydroxyl groups is 1. The molecule has 1 aliphatic rings. The van der Waals surface area contributed by atoms with E-state index in [0.717, 1.165) is 23.1 Å². The van der Waals surface area contributed by atoms with Gasteiger partial charge in [0.2, 0.25) is 0 Å². The molecule has 1 fully saturated rings. The van der Waals surface area contributed by atoms with Crippen LogP contribution in [-0.4, -0.2) is 11.1 Å². The molecule has 0 saturated heterocycles. The van der Waals surface area contributed by atoms with E-state index in [2.05, 4.69) is 31.3 Å². The molecule has 2 nitrogen and oxygen atoms in total. The molecule has 0 heterocycles. The molecule has 0 aromatic heterocycles. The van der Waals surface area contributed by atoms with Crippen LogP contribution in [-0.2, 0) is 6.61 Å². The third kappa shape index (κ3) is 3.49. The molecule has 0 bridgehead atoms. The van der Waals surface area contributed by atoms with Crippen molar-refractivity contribution in [2.45, 2.75) is 52.2 Å². The van der Waals surface area contributed by atoms with Gasteiger partial charge in [0.15, 0.2) is 0 Å². The zero-order valence-corrected chi connectivity index (χ0v) is 11.5. The SMILES string of the molecule is CC(C)C1CCCC(Nc2cccc(CO)c2)C1. The maximum absolute atomic E-state index is 9.15. The van der Waals surface area contributed by atoms with Crippen LogP contribution in [0.25, 0.3) is 0 Å². The van der Waals surface area contributed by atoms with Crippen LogP contribution >= 0.6 is 0 Å². The van der Waals surface area contributed by atoms with Gasteiger partial charge in [0, 0.05) is 11.7 Å². The summed E-state index contributed by atoms with van der Waals surface area (Å²) in [6.07, 6.45) is 5.26. The second-order valence-corrected chi connectivity index (χ2v) is 5.87. The van der Waals surface area contributed by atoms with Crippen LogP contribution in [0, 0.1) is 11.8 Å². The predicted molar refractivity (Wildman–Crippen MR) is 76.6 cm³/mol. The smallest absolute Gasteiger partial charge is 0.0682 e. The Kier molecular flexibility index (Phi) is 4.65. The lowest BCUT2D eigenvalue weighted by Crippen LogP contribution is -2.29. The highest BCUT2D eigenvalue weighted by molar-refractivity contribution is 5.46. The van der Waals surface area contributed by atoms with Gasteiger partial charge in [-0.25, -0.2) is 0 Å². The van der Waals surface area contributed by atoms with E-state index in [4.69, 9.17) is 5.11 Å². The van der Waals surface area contributed by atoms with E-state index in [1.54, 1.807) is 0 Å². The molecule has 2 N–H and O–H groups in total. The number of rotatable bonds is 4. The Hall–Kier alpha value is -1.02. The first-order valence-corrected chi connectivity index (χ1v) is 7.15. The lowest BCUT2D eigenvalue weighted by atomic mass is 9.79. The highest BCUT2D eigenvalue weighted by Gasteiger charge is 2.23. The number of nitrogens with one attached hydrogen (secondary N) is 1. The Labute approximate surface area is 110 Å². The fourth-order valence-corrected chi connectivity index (χ4v) is 2.96. The summed E-state index contributed by atoms with van der Waals surface area (Å²) in [4.78, 5) is 0. The van der Waals surface area contributed by atoms with Crippen molar-refractivity contribution in [3.8, 4) is 0 Å². The van der Waals surface area contributed by atoms with E-state index in [9.17, 15) is 0 Å². The lowest BCUT2D eigenvalue weighted by molar-refractivity contribution is 0.264. The summed E-state index contributed by atoms with van der Waals surface area (Å²) in [6.45, 7) is 4.79. The Bertz CT molecular complexity index is 375. The Morgan fingerprint density at radius 2 is 2.17 bits per heavy atom. The van der Waals surface area contributed by atoms with E-state index in [-0.39, 0.29) is 6.61 Å². The van der Waals surface area contributed by atoms with Crippen molar-refractivity contribution in [3.63, 3.8) is 0 Å². The minimum Gasteiger partial charge on any atom is -0.392 e. The summed E-state index contributed by atoms with van der Waals surface area (Å²) < 4.78 is 0. The van der Waals surface area contributed by atoms with Crippen molar-refractivity contribution in [2.24, 2.45) is 11.8 Å². The number of hydrogen-bond acceptors (Lipinski definition) is 2. The summed E-state index contributed by atoms with van der Waals surface area (Å²) in [5.41, 5.74) is 2.13. The van der Waals surface area contributed by atoms with Gasteiger partial charge in [-0.2, -0.15) is 0 Å². The third-order valence-corrected chi connectivity index (χ3v) is 4.14. The molecule has 18 heavy (non-hydrogen) atoms. The zero-order valence-electron chi connectivity index (χ0n) is 11.5. The molecule has 0 radical (unpaired) electrons. The molecule has 0 spiro atoms. The van der Waals surface area contributed by atoms with E-state index >= 15 is 0 Å². The maximum atomic E-state index is 9.15. The van der Waals surface area contributed by atoms with Gasteiger partial charge in [0.25, 0.3) is 0 Å². The lowest BCUT2D eigenvalue weighted by Gasteiger charge is -2.32. The topological polar surface area (TPSA) is 32.3 Å². The molecule has 2 atom stereocenters. The Morgan fingerprint density at radius 1 is 1.33 bits per heavy atom. The predicted octanol–water partition coefficient (Wildman–Crippen LogP) is 3.81. The van der Waals surface area contributed by atoms with Crippen LogP contribution in [0.3, 0.4) is 0 Å². The van der Waals surface area contributed by atoms with Crippen LogP contribution in [0.5, 0.6) is 0 Å². The van der Waals surface area contributed by atoms with Gasteiger partial charge in [0.05, 0.1) is 6.61 Å². The minimum atomic E-state index is 0.120. The molecule has 0 aliphatic heterocycles. The fourth-order valence-electron chi connectivity index (χ4n) is 2.96. The monoisotopic (exact) mass is 247 g/mol. The van der Waals surface area contributed by atoms with E-state index in [0.29, 0.717) is 6.04 Å². The standard InChI is InChI=1S/C16H25NO/c1-12(2)14-6-4-8-16(10-14)17-15-7-3-5-13(9-15)11-18/h3,5,7,9,12,14,16-18H,4,6,8,10-11H2,1-2H3. The molecule has 2 heteroatoms. The van der Waals surface area contributed by atoms with Crippen LogP contribution in [0.15, 0.2) is 24.3 Å². The second-order valence-electron chi connectivity index (χ2n) is 5.87. The highest BCUT2D eigenvalue weighted by atomic mass is 16.3. The minimum absolute atomic E-state index is 0.120. The quantitative estimate of drug-likeness (QED) is 0.848. The number of anilines is 1. The van der Waals surface area contributed by atoms with Crippen molar-refractivity contribution in [2.75, 3.05) is 5.32 Å². The van der Waals surface area contributed by atoms with Gasteiger partial charge in [-0.05, 0) is 42.4 Å².